The first-order valence-corrected chi connectivity index (χ1v) is 16.4. The topological polar surface area (TPSA) is 71.6 Å². The Bertz CT molecular complexity index is 1330. The number of carbonyl (C=O) groups is 1. The van der Waals surface area contributed by atoms with E-state index in [-0.39, 0.29) is 5.91 Å². The van der Waals surface area contributed by atoms with Crippen molar-refractivity contribution in [2.24, 2.45) is 16.1 Å². The van der Waals surface area contributed by atoms with E-state index in [0.717, 1.165) is 75.6 Å². The zero-order valence-electron chi connectivity index (χ0n) is 28.4. The van der Waals surface area contributed by atoms with Gasteiger partial charge in [0.25, 0.3) is 0 Å². The number of hydrogen-bond donors (Lipinski definition) is 1. The zero-order chi connectivity index (χ0) is 32.0. The van der Waals surface area contributed by atoms with Crippen LogP contribution in [0.1, 0.15) is 57.2 Å². The highest BCUT2D eigenvalue weighted by Crippen LogP contribution is 2.37. The maximum absolute atomic E-state index is 13.5. The van der Waals surface area contributed by atoms with Crippen molar-refractivity contribution in [2.45, 2.75) is 59.5 Å². The van der Waals surface area contributed by atoms with Crippen molar-refractivity contribution in [1.29, 1.82) is 0 Å². The second-order valence-electron chi connectivity index (χ2n) is 13.0. The van der Waals surface area contributed by atoms with Gasteiger partial charge < -0.3 is 30.2 Å². The average Bonchev–Trinajstić information content (AvgIpc) is 3.21. The fourth-order valence-electron chi connectivity index (χ4n) is 6.41. The summed E-state index contributed by atoms with van der Waals surface area (Å²) < 4.78 is 0. The Morgan fingerprint density at radius 3 is 2.52 bits per heavy atom. The number of piperazine rings is 1. The van der Waals surface area contributed by atoms with E-state index in [9.17, 15) is 4.79 Å². The Morgan fingerprint density at radius 2 is 1.82 bits per heavy atom. The highest BCUT2D eigenvalue weighted by atomic mass is 16.2. The molecule has 1 fully saturated rings. The van der Waals surface area contributed by atoms with Crippen molar-refractivity contribution in [3.8, 4) is 0 Å². The summed E-state index contributed by atoms with van der Waals surface area (Å²) in [5, 5.41) is 0. The molecular weight excluding hydrogens is 546 g/mol. The van der Waals surface area contributed by atoms with Crippen LogP contribution in [-0.4, -0.2) is 110 Å². The van der Waals surface area contributed by atoms with Crippen LogP contribution in [0.4, 0.5) is 0 Å². The summed E-state index contributed by atoms with van der Waals surface area (Å²) in [7, 11) is 8.18. The van der Waals surface area contributed by atoms with Gasteiger partial charge in [0.05, 0.1) is 5.41 Å². The molecule has 0 radical (unpaired) electrons. The summed E-state index contributed by atoms with van der Waals surface area (Å²) in [6, 6.07) is 7.13. The third-order valence-electron chi connectivity index (χ3n) is 9.22. The molecule has 0 saturated carbocycles. The second kappa shape index (κ2) is 14.6. The Kier molecular flexibility index (Phi) is 11.1. The first-order chi connectivity index (χ1) is 21.0. The molecule has 240 valence electrons. The summed E-state index contributed by atoms with van der Waals surface area (Å²) in [5.74, 6) is 1.72. The van der Waals surface area contributed by atoms with Gasteiger partial charge in [-0.05, 0) is 82.2 Å². The van der Waals surface area contributed by atoms with Crippen molar-refractivity contribution in [3.63, 3.8) is 0 Å². The van der Waals surface area contributed by atoms with Gasteiger partial charge in [-0.25, -0.2) is 4.99 Å². The summed E-state index contributed by atoms with van der Waals surface area (Å²) in [6.07, 6.45) is 13.3. The average molecular weight is 602 g/mol. The van der Waals surface area contributed by atoms with E-state index >= 15 is 0 Å². The van der Waals surface area contributed by atoms with Crippen molar-refractivity contribution >= 4 is 17.3 Å². The SMILES string of the molecule is CC.CC1Cc2ccc(C3=CC(C)(C(=O)N(C)CCN(C)C)CC=C3)cc2CN1C1=NC(N)=CCC(N2CCN(C)CC2)=C1. The standard InChI is InChI=1S/C34H49N7O.C2H6/c1-25-20-26-9-10-27(28-8-7-13-34(2,23-28)33(42)39(6)17-14-37(3)4)21-29(26)24-41(25)32-22-30(11-12-31(35)36-32)40-18-15-38(5)16-19-40;1-2/h7-10,12,21-23,25H,11,13-20,24,35H2,1-6H3;1-2H3. The van der Waals surface area contributed by atoms with Gasteiger partial charge in [0.1, 0.15) is 11.7 Å². The van der Waals surface area contributed by atoms with Gasteiger partial charge in [-0.1, -0.05) is 44.2 Å². The molecule has 1 aromatic carbocycles. The number of nitrogens with zero attached hydrogens (tertiary/aromatic N) is 6. The molecule has 1 aromatic rings. The van der Waals surface area contributed by atoms with Crippen molar-refractivity contribution in [3.05, 3.63) is 76.8 Å². The smallest absolute Gasteiger partial charge is 0.232 e. The number of likely N-dealkylation sites (N-methyl/N-ethyl adjacent to an activating group) is 3. The van der Waals surface area contributed by atoms with Crippen LogP contribution in [0.25, 0.3) is 5.57 Å². The first kappa shape index (κ1) is 33.5. The third kappa shape index (κ3) is 7.83. The van der Waals surface area contributed by atoms with Gasteiger partial charge >= 0.3 is 0 Å². The molecule has 8 nitrogen and oxygen atoms in total. The summed E-state index contributed by atoms with van der Waals surface area (Å²) >= 11 is 0. The molecule has 0 spiro atoms. The highest BCUT2D eigenvalue weighted by molar-refractivity contribution is 5.95. The molecule has 0 bridgehead atoms. The van der Waals surface area contributed by atoms with Crippen LogP contribution in [0.2, 0.25) is 0 Å². The number of amidine groups is 1. The van der Waals surface area contributed by atoms with Crippen LogP contribution in [0.5, 0.6) is 0 Å². The fraction of sp³-hybridized carbons (Fsp3) is 0.556. The van der Waals surface area contributed by atoms with E-state index in [2.05, 4.69) is 89.1 Å². The molecule has 3 aliphatic heterocycles. The molecule has 1 aliphatic carbocycles. The number of benzene rings is 1. The van der Waals surface area contributed by atoms with Gasteiger partial charge in [0.2, 0.25) is 5.91 Å². The maximum Gasteiger partial charge on any atom is 0.232 e. The summed E-state index contributed by atoms with van der Waals surface area (Å²) in [5.41, 5.74) is 12.1. The molecule has 3 heterocycles. The van der Waals surface area contributed by atoms with Crippen molar-refractivity contribution < 1.29 is 4.79 Å². The lowest BCUT2D eigenvalue weighted by molar-refractivity contribution is -0.137. The van der Waals surface area contributed by atoms with Gasteiger partial charge in [-0.15, -0.1) is 0 Å². The van der Waals surface area contributed by atoms with Crippen LogP contribution >= 0.6 is 0 Å². The van der Waals surface area contributed by atoms with E-state index in [1.54, 1.807) is 0 Å². The van der Waals surface area contributed by atoms with Gasteiger partial charge in [0.15, 0.2) is 0 Å². The number of aliphatic imine (C=N–C) groups is 1. The van der Waals surface area contributed by atoms with Gasteiger partial charge in [-0.3, -0.25) is 4.79 Å². The predicted molar refractivity (Wildman–Crippen MR) is 184 cm³/mol. The number of allylic oxidation sites excluding steroid dienone is 4. The number of rotatable bonds is 6. The monoisotopic (exact) mass is 601 g/mol. The minimum absolute atomic E-state index is 0.170. The van der Waals surface area contributed by atoms with Crippen LogP contribution in [0.3, 0.4) is 0 Å². The molecule has 1 amide bonds. The van der Waals surface area contributed by atoms with E-state index in [0.29, 0.717) is 18.3 Å². The quantitative estimate of drug-likeness (QED) is 0.516. The van der Waals surface area contributed by atoms with Crippen molar-refractivity contribution in [2.75, 3.05) is 67.5 Å². The molecule has 2 atom stereocenters. The predicted octanol–water partition coefficient (Wildman–Crippen LogP) is 4.56. The molecular formula is C36H55N7O. The zero-order valence-corrected chi connectivity index (χ0v) is 28.4. The lowest BCUT2D eigenvalue weighted by atomic mass is 9.78. The molecule has 2 N–H and O–H groups in total. The third-order valence-corrected chi connectivity index (χ3v) is 9.22. The van der Waals surface area contributed by atoms with E-state index < -0.39 is 5.41 Å². The minimum Gasteiger partial charge on any atom is -0.384 e. The largest absolute Gasteiger partial charge is 0.384 e. The second-order valence-corrected chi connectivity index (χ2v) is 13.0. The van der Waals surface area contributed by atoms with Gasteiger partial charge in [0, 0.05) is 77.1 Å². The molecule has 1 saturated heterocycles. The van der Waals surface area contributed by atoms with Gasteiger partial charge in [-0.2, -0.15) is 0 Å². The van der Waals surface area contributed by atoms with E-state index in [1.807, 2.05) is 39.9 Å². The molecule has 8 heteroatoms. The number of fused-ring (bicyclic) bond motifs is 1. The van der Waals surface area contributed by atoms with E-state index in [1.165, 1.54) is 16.8 Å². The minimum atomic E-state index is -0.551. The number of carbonyl (C=O) groups excluding carboxylic acids is 1. The molecule has 2 unspecified atom stereocenters. The fourth-order valence-corrected chi connectivity index (χ4v) is 6.41. The number of hydrogen-bond acceptors (Lipinski definition) is 7. The normalized spacial score (nSPS) is 23.9. The first-order valence-electron chi connectivity index (χ1n) is 16.4. The Balaban J connectivity index is 0.00000216. The highest BCUT2D eigenvalue weighted by Gasteiger charge is 2.35. The Labute approximate surface area is 266 Å². The lowest BCUT2D eigenvalue weighted by Gasteiger charge is -2.38. The number of nitrogens with two attached hydrogens (primary N) is 1. The van der Waals surface area contributed by atoms with Crippen LogP contribution in [0.15, 0.2) is 65.1 Å². The van der Waals surface area contributed by atoms with Crippen LogP contribution in [-0.2, 0) is 17.8 Å². The Morgan fingerprint density at radius 1 is 1.09 bits per heavy atom. The number of amides is 1. The van der Waals surface area contributed by atoms with Crippen LogP contribution < -0.4 is 5.73 Å². The lowest BCUT2D eigenvalue weighted by Crippen LogP contribution is -2.45. The summed E-state index contributed by atoms with van der Waals surface area (Å²) in [6.45, 7) is 14.9. The molecule has 44 heavy (non-hydrogen) atoms. The maximum atomic E-state index is 13.5. The van der Waals surface area contributed by atoms with Crippen molar-refractivity contribution in [1.82, 2.24) is 24.5 Å². The Hall–Kier alpha value is -3.36. The van der Waals surface area contributed by atoms with E-state index in [4.69, 9.17) is 10.7 Å². The molecule has 4 aliphatic rings. The molecule has 0 aromatic heterocycles. The van der Waals surface area contributed by atoms with Crippen LogP contribution in [0, 0.1) is 5.41 Å². The molecule has 5 rings (SSSR count). The summed E-state index contributed by atoms with van der Waals surface area (Å²) in [4.78, 5) is 29.6.